The van der Waals surface area contributed by atoms with Crippen LogP contribution in [-0.4, -0.2) is 0 Å². The maximum atomic E-state index is 3.73. The van der Waals surface area contributed by atoms with Gasteiger partial charge in [-0.25, -0.2) is 0 Å². The third-order valence-corrected chi connectivity index (χ3v) is 6.92. The summed E-state index contributed by atoms with van der Waals surface area (Å²) < 4.78 is 0. The molecule has 0 atom stereocenters. The third kappa shape index (κ3) is 18.3. The van der Waals surface area contributed by atoms with E-state index in [2.05, 4.69) is 160 Å². The molecule has 0 radical (unpaired) electrons. The molecule has 0 aliphatic rings. The van der Waals surface area contributed by atoms with E-state index in [1.54, 1.807) is 0 Å². The van der Waals surface area contributed by atoms with Crippen LogP contribution in [-0.2, 0) is 18.5 Å². The Kier molecular flexibility index (Phi) is 21.2. The van der Waals surface area contributed by atoms with Gasteiger partial charge in [-0.05, 0) is 85.3 Å². The van der Waals surface area contributed by atoms with Crippen molar-refractivity contribution in [3.8, 4) is 0 Å². The second-order valence-corrected chi connectivity index (χ2v) is 12.5. The summed E-state index contributed by atoms with van der Waals surface area (Å²) in [6.07, 6.45) is 10.3. The van der Waals surface area contributed by atoms with Crippen molar-refractivity contribution in [2.45, 2.75) is 113 Å². The maximum Gasteiger partial charge on any atom is 0.0208 e. The van der Waals surface area contributed by atoms with Crippen LogP contribution < -0.4 is 5.32 Å². The molecule has 0 saturated carbocycles. The van der Waals surface area contributed by atoms with Crippen molar-refractivity contribution < 1.29 is 0 Å². The fraction of sp³-hybridized carbons (Fsp3) is 0.395. The van der Waals surface area contributed by atoms with Crippen LogP contribution in [0.15, 0.2) is 116 Å². The van der Waals surface area contributed by atoms with Gasteiger partial charge in [-0.3, -0.25) is 0 Å². The van der Waals surface area contributed by atoms with E-state index in [0.29, 0.717) is 5.92 Å². The summed E-state index contributed by atoms with van der Waals surface area (Å²) in [5.41, 5.74) is 10.9. The van der Waals surface area contributed by atoms with Crippen molar-refractivity contribution in [3.05, 3.63) is 149 Å². The van der Waals surface area contributed by atoms with Crippen molar-refractivity contribution in [1.82, 2.24) is 5.32 Å². The molecular formula is C43H63N. The van der Waals surface area contributed by atoms with Gasteiger partial charge in [-0.2, -0.15) is 0 Å². The Hall–Kier alpha value is -3.42. The highest BCUT2D eigenvalue weighted by atomic mass is 14.8. The number of hydrogen-bond donors (Lipinski definition) is 1. The topological polar surface area (TPSA) is 12.0 Å². The largest absolute Gasteiger partial charge is 0.309 e. The van der Waals surface area contributed by atoms with Crippen LogP contribution in [0.4, 0.5) is 0 Å². The second kappa shape index (κ2) is 23.0. The first-order chi connectivity index (χ1) is 20.9. The van der Waals surface area contributed by atoms with E-state index in [9.17, 15) is 0 Å². The first-order valence-corrected chi connectivity index (χ1v) is 16.4. The average Bonchev–Trinajstić information content (AvgIpc) is 3.00. The van der Waals surface area contributed by atoms with Crippen molar-refractivity contribution in [2.24, 2.45) is 0 Å². The summed E-state index contributed by atoms with van der Waals surface area (Å²) in [7, 11) is 0. The molecule has 1 N–H and O–H groups in total. The minimum absolute atomic E-state index is 0.273. The van der Waals surface area contributed by atoms with Gasteiger partial charge < -0.3 is 5.32 Å². The molecule has 0 saturated heterocycles. The summed E-state index contributed by atoms with van der Waals surface area (Å²) in [6, 6.07) is 26.3. The van der Waals surface area contributed by atoms with Crippen LogP contribution >= 0.6 is 0 Å². The fourth-order valence-corrected chi connectivity index (χ4v) is 4.07. The molecule has 1 nitrogen and oxygen atoms in total. The van der Waals surface area contributed by atoms with Gasteiger partial charge in [0.2, 0.25) is 0 Å². The Morgan fingerprint density at radius 3 is 1.66 bits per heavy atom. The molecule has 0 spiro atoms. The Morgan fingerprint density at radius 2 is 1.25 bits per heavy atom. The van der Waals surface area contributed by atoms with Gasteiger partial charge in [0.25, 0.3) is 0 Å². The first-order valence-electron chi connectivity index (χ1n) is 16.4. The lowest BCUT2D eigenvalue weighted by Gasteiger charge is -2.19. The van der Waals surface area contributed by atoms with Gasteiger partial charge in [0.1, 0.15) is 0 Å². The molecule has 240 valence electrons. The Bertz CT molecular complexity index is 1220. The van der Waals surface area contributed by atoms with E-state index in [1.165, 1.54) is 44.5 Å². The highest BCUT2D eigenvalue weighted by Crippen LogP contribution is 2.24. The van der Waals surface area contributed by atoms with Crippen LogP contribution in [0, 0.1) is 6.92 Å². The molecule has 0 aliphatic carbocycles. The van der Waals surface area contributed by atoms with Gasteiger partial charge >= 0.3 is 0 Å². The van der Waals surface area contributed by atoms with E-state index in [1.807, 2.05) is 32.1 Å². The van der Waals surface area contributed by atoms with Gasteiger partial charge in [0.15, 0.2) is 0 Å². The van der Waals surface area contributed by atoms with Crippen molar-refractivity contribution in [2.75, 3.05) is 0 Å². The maximum absolute atomic E-state index is 3.73. The molecule has 0 heterocycles. The molecule has 3 aromatic carbocycles. The molecule has 1 heteroatoms. The molecule has 0 bridgehead atoms. The quantitative estimate of drug-likeness (QED) is 0.140. The van der Waals surface area contributed by atoms with E-state index in [0.717, 1.165) is 25.9 Å². The molecule has 0 unspecified atom stereocenters. The number of hydrogen-bond acceptors (Lipinski definition) is 1. The summed E-state index contributed by atoms with van der Waals surface area (Å²) in [5, 5.41) is 3.48. The molecule has 0 amide bonds. The fourth-order valence-electron chi connectivity index (χ4n) is 4.07. The van der Waals surface area contributed by atoms with E-state index in [-0.39, 0.29) is 5.41 Å². The van der Waals surface area contributed by atoms with Gasteiger partial charge in [0, 0.05) is 13.1 Å². The second-order valence-electron chi connectivity index (χ2n) is 12.5. The van der Waals surface area contributed by atoms with Crippen LogP contribution in [0.1, 0.15) is 121 Å². The zero-order chi connectivity index (χ0) is 33.5. The Labute approximate surface area is 272 Å². The number of nitrogens with one attached hydrogen (secondary N) is 1. The summed E-state index contributed by atoms with van der Waals surface area (Å²) >= 11 is 0. The zero-order valence-corrected chi connectivity index (χ0v) is 30.1. The summed E-state index contributed by atoms with van der Waals surface area (Å²) in [6.45, 7) is 32.8. The molecule has 0 aliphatic heterocycles. The number of allylic oxidation sites excluding steroid dienone is 6. The number of unbranched alkanes of at least 4 members (excludes halogenated alkanes) is 1. The lowest BCUT2D eigenvalue weighted by Crippen LogP contribution is -2.12. The summed E-state index contributed by atoms with van der Waals surface area (Å²) in [4.78, 5) is 0. The highest BCUT2D eigenvalue weighted by Gasteiger charge is 2.13. The van der Waals surface area contributed by atoms with Crippen LogP contribution in [0.25, 0.3) is 5.57 Å². The van der Waals surface area contributed by atoms with Crippen molar-refractivity contribution >= 4 is 5.57 Å². The number of aryl methyl sites for hydroxylation is 1. The van der Waals surface area contributed by atoms with Gasteiger partial charge in [0.05, 0.1) is 0 Å². The predicted molar refractivity (Wildman–Crippen MR) is 201 cm³/mol. The highest BCUT2D eigenvalue weighted by molar-refractivity contribution is 5.65. The molecular weight excluding hydrogens is 530 g/mol. The molecule has 0 fully saturated rings. The van der Waals surface area contributed by atoms with Crippen LogP contribution in [0.3, 0.4) is 0 Å². The number of rotatable bonds is 10. The van der Waals surface area contributed by atoms with Crippen molar-refractivity contribution in [3.63, 3.8) is 0 Å². The predicted octanol–water partition coefficient (Wildman–Crippen LogP) is 12.9. The van der Waals surface area contributed by atoms with E-state index < -0.39 is 0 Å². The first kappa shape index (κ1) is 40.6. The van der Waals surface area contributed by atoms with Gasteiger partial charge in [-0.15, -0.1) is 6.58 Å². The summed E-state index contributed by atoms with van der Waals surface area (Å²) in [5.74, 6) is 0.633. The van der Waals surface area contributed by atoms with E-state index in [4.69, 9.17) is 0 Å². The smallest absolute Gasteiger partial charge is 0.0208 e. The average molecular weight is 594 g/mol. The minimum atomic E-state index is 0.273. The standard InChI is InChI=1S/C20H23N.C13H20.C8H14.C2H6/c1-4-5-17(3)20-12-10-19(11-13-20)15-21-14-18-8-6-16(2)7-9-18;1-10(2)11-6-8-12(9-7-11)13(3,4)5;1-4-5-6-7-8(2)3;1-2/h4-13,21H,1,14-15H2,2-3H3;6-10H,1-5H3;4,7H,1,5-6H2,2-3H3;1-2H3/b17-5+;;;. The van der Waals surface area contributed by atoms with Crippen LogP contribution in [0.2, 0.25) is 0 Å². The molecule has 44 heavy (non-hydrogen) atoms. The van der Waals surface area contributed by atoms with Crippen LogP contribution in [0.5, 0.6) is 0 Å². The lowest BCUT2D eigenvalue weighted by molar-refractivity contribution is 0.589. The third-order valence-electron chi connectivity index (χ3n) is 6.92. The Balaban J connectivity index is 0.000000685. The monoisotopic (exact) mass is 593 g/mol. The normalized spacial score (nSPS) is 10.7. The molecule has 3 aromatic rings. The Morgan fingerprint density at radius 1 is 0.750 bits per heavy atom. The van der Waals surface area contributed by atoms with Crippen molar-refractivity contribution in [1.29, 1.82) is 0 Å². The SMILES string of the molecule is C=C/C=C(\C)c1ccc(CNCc2ccc(C)cc2)cc1.C=CCCC=C(C)C.CC.CC(C)c1ccc(C(C)(C)C)cc1. The van der Waals surface area contributed by atoms with Gasteiger partial charge in [-0.1, -0.05) is 163 Å². The lowest BCUT2D eigenvalue weighted by atomic mass is 9.86. The molecule has 0 aromatic heterocycles. The minimum Gasteiger partial charge on any atom is -0.309 e. The number of benzene rings is 3. The molecule has 3 rings (SSSR count). The zero-order valence-electron chi connectivity index (χ0n) is 30.1. The van der Waals surface area contributed by atoms with E-state index >= 15 is 0 Å².